The number of carbonyl (C=O) groups is 7. The van der Waals surface area contributed by atoms with Crippen LogP contribution >= 0.6 is 0 Å². The predicted octanol–water partition coefficient (Wildman–Crippen LogP) is 6.54. The van der Waals surface area contributed by atoms with Crippen molar-refractivity contribution in [2.75, 3.05) is 120 Å². The molecule has 0 bridgehead atoms. The molecule has 10 fully saturated rings. The predicted molar refractivity (Wildman–Crippen MR) is 295 cm³/mol. The zero-order valence-corrected chi connectivity index (χ0v) is 49.3. The van der Waals surface area contributed by atoms with Gasteiger partial charge in [0, 0.05) is 88.2 Å². The fraction of sp³-hybridized carbons (Fsp3) is 0.879. The number of Topliss-reactive ketones (excluding diaryl/α,β-unsaturated/α-hetero) is 1. The van der Waals surface area contributed by atoms with E-state index in [-0.39, 0.29) is 53.8 Å². The molecule has 4 amide bonds. The van der Waals surface area contributed by atoms with Crippen LogP contribution in [0.25, 0.3) is 0 Å². The van der Waals surface area contributed by atoms with Gasteiger partial charge in [-0.05, 0) is 188 Å². The van der Waals surface area contributed by atoms with Gasteiger partial charge in [0.25, 0.3) is 0 Å². The first-order valence-electron chi connectivity index (χ1n) is 30.1. The maximum absolute atomic E-state index is 12.1. The summed E-state index contributed by atoms with van der Waals surface area (Å²) >= 11 is 0. The minimum absolute atomic E-state index is 0.0260. The van der Waals surface area contributed by atoms with E-state index in [9.17, 15) is 33.6 Å². The number of hydrogen-bond acceptors (Lipinski definition) is 17. The second-order valence-corrected chi connectivity index (χ2v) is 25.0. The van der Waals surface area contributed by atoms with Crippen molar-refractivity contribution in [2.45, 2.75) is 192 Å². The van der Waals surface area contributed by atoms with Gasteiger partial charge in [0.1, 0.15) is 23.5 Å². The highest BCUT2D eigenvalue weighted by atomic mass is 16.6. The van der Waals surface area contributed by atoms with E-state index in [4.69, 9.17) is 28.4 Å². The van der Waals surface area contributed by atoms with E-state index in [0.717, 1.165) is 142 Å². The molecule has 1 unspecified atom stereocenters. The van der Waals surface area contributed by atoms with Gasteiger partial charge < -0.3 is 58.2 Å². The number of likely N-dealkylation sites (tertiary alicyclic amines) is 7. The van der Waals surface area contributed by atoms with Gasteiger partial charge >= 0.3 is 36.3 Å². The first kappa shape index (κ1) is 62.1. The summed E-state index contributed by atoms with van der Waals surface area (Å²) in [5.74, 6) is 0.756. The lowest BCUT2D eigenvalue weighted by Crippen LogP contribution is -2.55. The van der Waals surface area contributed by atoms with Crippen molar-refractivity contribution in [3.8, 4) is 0 Å². The summed E-state index contributed by atoms with van der Waals surface area (Å²) in [5, 5.41) is 3.35. The summed E-state index contributed by atoms with van der Waals surface area (Å²) in [6, 6.07) is 1.89. The number of nitrogens with zero attached hydrogens (tertiary/aromatic N) is 7. The number of carbonyl (C=O) groups excluding carboxylic acids is 7. The van der Waals surface area contributed by atoms with Gasteiger partial charge in [-0.25, -0.2) is 19.2 Å². The first-order valence-corrected chi connectivity index (χ1v) is 30.1. The third-order valence-corrected chi connectivity index (χ3v) is 18.7. The minimum atomic E-state index is -0.459. The van der Waals surface area contributed by atoms with Crippen molar-refractivity contribution in [3.63, 3.8) is 0 Å². The zero-order valence-electron chi connectivity index (χ0n) is 49.3. The van der Waals surface area contributed by atoms with Crippen molar-refractivity contribution in [2.24, 2.45) is 16.7 Å². The molecule has 21 nitrogen and oxygen atoms in total. The molecule has 79 heavy (non-hydrogen) atoms. The Hall–Kier alpha value is -4.47. The van der Waals surface area contributed by atoms with E-state index in [1.165, 1.54) is 47.0 Å². The number of amides is 4. The highest BCUT2D eigenvalue weighted by Gasteiger charge is 2.52. The molecule has 2 aliphatic carbocycles. The van der Waals surface area contributed by atoms with Crippen molar-refractivity contribution < 1.29 is 62.0 Å². The maximum Gasteiger partial charge on any atom is 0.410 e. The molecule has 0 aromatic rings. The second kappa shape index (κ2) is 28.5. The number of methoxy groups -OCH3 is 3. The van der Waals surface area contributed by atoms with E-state index in [1.54, 1.807) is 16.7 Å². The van der Waals surface area contributed by atoms with E-state index in [0.29, 0.717) is 87.0 Å². The normalized spacial score (nSPS) is 28.6. The average Bonchev–Trinajstić information content (AvgIpc) is 4.41. The Kier molecular flexibility index (Phi) is 22.4. The zero-order chi connectivity index (χ0) is 56.9. The third kappa shape index (κ3) is 16.2. The molecule has 8 saturated heterocycles. The van der Waals surface area contributed by atoms with Crippen LogP contribution in [0.1, 0.15) is 150 Å². The number of ether oxygens (including phenoxy) is 6. The lowest BCUT2D eigenvalue weighted by Gasteiger charge is -2.52. The Balaban J connectivity index is 0.000000159. The molecule has 21 heteroatoms. The summed E-state index contributed by atoms with van der Waals surface area (Å²) in [4.78, 5) is 96.4. The Morgan fingerprint density at radius 2 is 1.05 bits per heavy atom. The second-order valence-electron chi connectivity index (χ2n) is 25.0. The molecular weight excluding hydrogens is 1020 g/mol. The molecule has 0 aromatic heterocycles. The van der Waals surface area contributed by atoms with Crippen molar-refractivity contribution in [1.29, 1.82) is 0 Å². The van der Waals surface area contributed by atoms with Crippen LogP contribution in [-0.2, 0) is 42.8 Å². The topological polar surface area (TPSA) is 210 Å². The lowest BCUT2D eigenvalue weighted by molar-refractivity contribution is -0.147. The van der Waals surface area contributed by atoms with E-state index in [2.05, 4.69) is 20.0 Å². The molecule has 0 radical (unpaired) electrons. The van der Waals surface area contributed by atoms with E-state index in [1.807, 2.05) is 37.5 Å². The third-order valence-electron chi connectivity index (χ3n) is 18.7. The molecule has 2 spiro atoms. The molecule has 0 aromatic carbocycles. The summed E-state index contributed by atoms with van der Waals surface area (Å²) in [5.41, 5.74) is -0.00980. The quantitative estimate of drug-likeness (QED) is 0.202. The van der Waals surface area contributed by atoms with E-state index >= 15 is 0 Å². The Labute approximate surface area is 470 Å². The average molecular weight is 1120 g/mol. The fourth-order valence-electron chi connectivity index (χ4n) is 14.6. The highest BCUT2D eigenvalue weighted by molar-refractivity contribution is 5.86. The summed E-state index contributed by atoms with van der Waals surface area (Å²) in [6.07, 6.45) is 17.7. The van der Waals surface area contributed by atoms with Gasteiger partial charge in [0.2, 0.25) is 0 Å². The van der Waals surface area contributed by atoms with E-state index < -0.39 is 5.60 Å². The van der Waals surface area contributed by atoms with Crippen LogP contribution in [0.5, 0.6) is 0 Å². The lowest BCUT2D eigenvalue weighted by atomic mass is 9.64. The first-order chi connectivity index (χ1) is 37.8. The number of rotatable bonds is 8. The van der Waals surface area contributed by atoms with Crippen molar-refractivity contribution >= 4 is 42.1 Å². The van der Waals surface area contributed by atoms with Crippen LogP contribution in [-0.4, -0.2) is 238 Å². The van der Waals surface area contributed by atoms with Crippen LogP contribution in [0, 0.1) is 16.7 Å². The molecule has 10 rings (SSSR count). The van der Waals surface area contributed by atoms with Crippen LogP contribution in [0.4, 0.5) is 19.2 Å². The molecule has 2 saturated carbocycles. The molecular formula is C58H98N8O13. The van der Waals surface area contributed by atoms with Crippen molar-refractivity contribution in [3.05, 3.63) is 0 Å². The Bertz CT molecular complexity index is 2040. The Morgan fingerprint density at radius 3 is 1.54 bits per heavy atom. The monoisotopic (exact) mass is 1110 g/mol. The van der Waals surface area contributed by atoms with Crippen molar-refractivity contribution in [1.82, 2.24) is 39.6 Å². The van der Waals surface area contributed by atoms with Gasteiger partial charge in [-0.2, -0.15) is 0 Å². The number of ketones is 1. The Morgan fingerprint density at radius 1 is 0.544 bits per heavy atom. The molecule has 8 heterocycles. The summed E-state index contributed by atoms with van der Waals surface area (Å²) in [6.45, 7) is 22.0. The fourth-order valence-corrected chi connectivity index (χ4v) is 14.6. The SMILES string of the molecule is CCOC(=O)N1CCC2(CC(=O)C2)C1.CCOC(=O)N1CCC2(CC(N3CCC(C4CCCN4C(=O)OC)CC3)C2)C1.COC(=O)[C@H]1CCCN1C1CCN(C(=O)OC(C)(C)C)CC1.COC(=O)[C@H]1CCCN1C1CCNCC1. The molecule has 1 N–H and O–H groups in total. The smallest absolute Gasteiger partial charge is 0.410 e. The van der Waals surface area contributed by atoms with Gasteiger partial charge in [0.15, 0.2) is 0 Å². The minimum Gasteiger partial charge on any atom is -0.468 e. The van der Waals surface area contributed by atoms with Crippen LogP contribution < -0.4 is 5.32 Å². The van der Waals surface area contributed by atoms with Crippen LogP contribution in [0.15, 0.2) is 0 Å². The summed E-state index contributed by atoms with van der Waals surface area (Å²) < 4.78 is 30.2. The summed E-state index contributed by atoms with van der Waals surface area (Å²) in [7, 11) is 4.42. The molecule has 448 valence electrons. The molecule has 10 aliphatic rings. The van der Waals surface area contributed by atoms with Gasteiger partial charge in [-0.3, -0.25) is 24.2 Å². The largest absolute Gasteiger partial charge is 0.468 e. The van der Waals surface area contributed by atoms with Gasteiger partial charge in [-0.1, -0.05) is 0 Å². The number of nitrogens with one attached hydrogen (secondary N) is 1. The van der Waals surface area contributed by atoms with Crippen LogP contribution in [0.3, 0.4) is 0 Å². The number of esters is 2. The molecule has 3 atom stereocenters. The highest BCUT2D eigenvalue weighted by Crippen LogP contribution is 2.51. The number of piperidine rings is 3. The molecule has 8 aliphatic heterocycles. The maximum atomic E-state index is 12.1. The van der Waals surface area contributed by atoms with Gasteiger partial charge in [0.05, 0.1) is 34.5 Å². The van der Waals surface area contributed by atoms with Gasteiger partial charge in [-0.15, -0.1) is 0 Å². The van der Waals surface area contributed by atoms with Crippen LogP contribution in [0.2, 0.25) is 0 Å². The number of hydrogen-bond donors (Lipinski definition) is 1. The standard InChI is InChI=1S/C21H35N3O4.C16H28N2O4.C11H20N2O2.C10H15NO3/c1-3-28-19(25)23-12-8-21(15-23)13-17(14-21)22-10-6-16(7-11-22)18-5-4-9-24(18)20(26)27-2;1-16(2,3)22-15(20)17-10-7-12(8-11-17)18-9-5-6-13(18)14(19)21-4;1-15-11(14)10-3-2-8-13(10)9-4-6-12-7-5-9;1-2-14-9(13)11-4-3-10(7-11)5-8(12)6-10/h16-18H,3-15H2,1-2H3;12-13H,5-11H2,1-4H3;9-10,12H,2-8H2,1H3;2-7H2,1H3/t;13-;10-;/m.11./s1.